The molecule has 1 heterocycles. The summed E-state index contributed by atoms with van der Waals surface area (Å²) in [6.45, 7) is 7.61. The van der Waals surface area contributed by atoms with Gasteiger partial charge in [0.1, 0.15) is 0 Å². The first-order valence-corrected chi connectivity index (χ1v) is 7.18. The average molecular weight is 238 g/mol. The van der Waals surface area contributed by atoms with Crippen molar-refractivity contribution < 1.29 is 0 Å². The minimum absolute atomic E-state index is 0.759. The van der Waals surface area contributed by atoms with Gasteiger partial charge in [0.25, 0.3) is 0 Å². The summed E-state index contributed by atoms with van der Waals surface area (Å²) >= 11 is 1.85. The number of nitrogens with zero attached hydrogens (tertiary/aromatic N) is 1. The minimum atomic E-state index is 0.759. The fourth-order valence-electron chi connectivity index (χ4n) is 2.32. The van der Waals surface area contributed by atoms with Gasteiger partial charge in [0.2, 0.25) is 0 Å². The van der Waals surface area contributed by atoms with Crippen LogP contribution < -0.4 is 5.32 Å². The molecule has 1 N–H and O–H groups in total. The first-order valence-electron chi connectivity index (χ1n) is 6.37. The van der Waals surface area contributed by atoms with Crippen LogP contribution in [0.5, 0.6) is 0 Å². The van der Waals surface area contributed by atoms with E-state index in [2.05, 4.69) is 31.1 Å². The van der Waals surface area contributed by atoms with E-state index in [-0.39, 0.29) is 0 Å². The monoisotopic (exact) mass is 238 g/mol. The van der Waals surface area contributed by atoms with Crippen LogP contribution in [0.15, 0.2) is 0 Å². The van der Waals surface area contributed by atoms with Crippen molar-refractivity contribution in [2.75, 3.05) is 6.54 Å². The van der Waals surface area contributed by atoms with Crippen LogP contribution in [0.1, 0.15) is 41.8 Å². The summed E-state index contributed by atoms with van der Waals surface area (Å²) in [5.41, 5.74) is 1.23. The molecule has 1 aromatic heterocycles. The smallest absolute Gasteiger partial charge is 0.0900 e. The topological polar surface area (TPSA) is 24.9 Å². The van der Waals surface area contributed by atoms with Gasteiger partial charge in [-0.15, -0.1) is 11.3 Å². The molecule has 0 bridgehead atoms. The fraction of sp³-hybridized carbons (Fsp3) is 0.769. The largest absolute Gasteiger partial charge is 0.313 e. The maximum absolute atomic E-state index is 4.47. The fourth-order valence-corrected chi connectivity index (χ4v) is 3.26. The second kappa shape index (κ2) is 5.28. The summed E-state index contributed by atoms with van der Waals surface area (Å²) in [5, 5.41) is 4.89. The molecule has 2 nitrogen and oxygen atoms in total. The normalized spacial score (nSPS) is 17.7. The second-order valence-corrected chi connectivity index (χ2v) is 6.09. The van der Waals surface area contributed by atoms with E-state index in [4.69, 9.17) is 0 Å². The summed E-state index contributed by atoms with van der Waals surface area (Å²) in [7, 11) is 0. The Bertz CT molecular complexity index is 342. The van der Waals surface area contributed by atoms with Gasteiger partial charge in [-0.3, -0.25) is 0 Å². The molecule has 1 unspecified atom stereocenters. The Morgan fingerprint density at radius 2 is 2.19 bits per heavy atom. The molecule has 0 aromatic carbocycles. The highest BCUT2D eigenvalue weighted by Gasteiger charge is 2.29. The molecule has 1 aliphatic rings. The summed E-state index contributed by atoms with van der Waals surface area (Å²) in [6, 6.07) is 0.759. The van der Waals surface area contributed by atoms with Gasteiger partial charge >= 0.3 is 0 Å². The first kappa shape index (κ1) is 12.1. The number of aryl methyl sites for hydroxylation is 2. The third kappa shape index (κ3) is 3.05. The molecule has 0 amide bonds. The van der Waals surface area contributed by atoms with E-state index in [0.29, 0.717) is 0 Å². The number of thiazole rings is 1. The lowest BCUT2D eigenvalue weighted by Crippen LogP contribution is -2.32. The molecular formula is C13H22N2S. The highest BCUT2D eigenvalue weighted by atomic mass is 32.1. The van der Waals surface area contributed by atoms with Crippen molar-refractivity contribution in [3.63, 3.8) is 0 Å². The average Bonchev–Trinajstić information content (AvgIpc) is 3.01. The Balaban J connectivity index is 1.76. The molecule has 0 spiro atoms. The van der Waals surface area contributed by atoms with Gasteiger partial charge < -0.3 is 5.32 Å². The van der Waals surface area contributed by atoms with Crippen LogP contribution in [0.4, 0.5) is 0 Å². The lowest BCUT2D eigenvalue weighted by atomic mass is 10.1. The van der Waals surface area contributed by atoms with E-state index in [1.165, 1.54) is 34.8 Å². The van der Waals surface area contributed by atoms with Crippen molar-refractivity contribution >= 4 is 11.3 Å². The molecule has 16 heavy (non-hydrogen) atoms. The van der Waals surface area contributed by atoms with Crippen molar-refractivity contribution in [2.45, 2.75) is 52.5 Å². The van der Waals surface area contributed by atoms with Crippen molar-refractivity contribution in [2.24, 2.45) is 5.92 Å². The van der Waals surface area contributed by atoms with Crippen LogP contribution in [0.2, 0.25) is 0 Å². The highest BCUT2D eigenvalue weighted by Crippen LogP contribution is 2.33. The molecule has 1 aromatic rings. The number of aromatic nitrogens is 1. The van der Waals surface area contributed by atoms with Gasteiger partial charge in [0.15, 0.2) is 0 Å². The predicted molar refractivity (Wildman–Crippen MR) is 70.1 cm³/mol. The lowest BCUT2D eigenvalue weighted by Gasteiger charge is -2.15. The standard InChI is InChI=1S/C13H22N2S/c1-4-12(11-5-6-11)14-8-7-13-9(2)15-10(3)16-13/h11-12,14H,4-8H2,1-3H3. The SMILES string of the molecule is CCC(NCCc1sc(C)nc1C)C1CC1. The quantitative estimate of drug-likeness (QED) is 0.824. The molecular weight excluding hydrogens is 216 g/mol. The van der Waals surface area contributed by atoms with Gasteiger partial charge in [-0.1, -0.05) is 6.92 Å². The Labute approximate surface area is 102 Å². The van der Waals surface area contributed by atoms with Gasteiger partial charge in [-0.25, -0.2) is 4.98 Å². The zero-order valence-corrected chi connectivity index (χ0v) is 11.4. The van der Waals surface area contributed by atoms with Crippen molar-refractivity contribution in [1.29, 1.82) is 0 Å². The number of hydrogen-bond donors (Lipinski definition) is 1. The molecule has 0 saturated heterocycles. The highest BCUT2D eigenvalue weighted by molar-refractivity contribution is 7.11. The third-order valence-corrected chi connectivity index (χ3v) is 4.52. The molecule has 0 radical (unpaired) electrons. The molecule has 3 heteroatoms. The predicted octanol–water partition coefficient (Wildman–Crippen LogP) is 3.08. The minimum Gasteiger partial charge on any atom is -0.313 e. The zero-order chi connectivity index (χ0) is 11.5. The number of hydrogen-bond acceptors (Lipinski definition) is 3. The van der Waals surface area contributed by atoms with Crippen molar-refractivity contribution in [3.8, 4) is 0 Å². The van der Waals surface area contributed by atoms with Gasteiger partial charge in [-0.2, -0.15) is 0 Å². The van der Waals surface area contributed by atoms with Crippen LogP contribution in [0, 0.1) is 19.8 Å². The van der Waals surface area contributed by atoms with Crippen LogP contribution >= 0.6 is 11.3 Å². The van der Waals surface area contributed by atoms with Crippen molar-refractivity contribution in [1.82, 2.24) is 10.3 Å². The summed E-state index contributed by atoms with van der Waals surface area (Å²) in [5.74, 6) is 0.967. The lowest BCUT2D eigenvalue weighted by molar-refractivity contribution is 0.454. The zero-order valence-electron chi connectivity index (χ0n) is 10.5. The second-order valence-electron chi connectivity index (χ2n) is 4.80. The van der Waals surface area contributed by atoms with E-state index in [0.717, 1.165) is 24.9 Å². The molecule has 1 aliphatic carbocycles. The molecule has 1 atom stereocenters. The third-order valence-electron chi connectivity index (χ3n) is 3.39. The molecule has 1 saturated carbocycles. The first-order chi connectivity index (χ1) is 7.70. The van der Waals surface area contributed by atoms with Crippen LogP contribution in [0.3, 0.4) is 0 Å². The molecule has 90 valence electrons. The van der Waals surface area contributed by atoms with Crippen molar-refractivity contribution in [3.05, 3.63) is 15.6 Å². The Morgan fingerprint density at radius 1 is 1.44 bits per heavy atom. The van der Waals surface area contributed by atoms with Crippen LogP contribution in [0.25, 0.3) is 0 Å². The summed E-state index contributed by atoms with van der Waals surface area (Å²) < 4.78 is 0. The van der Waals surface area contributed by atoms with Crippen LogP contribution in [-0.4, -0.2) is 17.6 Å². The van der Waals surface area contributed by atoms with E-state index >= 15 is 0 Å². The number of nitrogens with one attached hydrogen (secondary N) is 1. The maximum Gasteiger partial charge on any atom is 0.0900 e. The Morgan fingerprint density at radius 3 is 2.69 bits per heavy atom. The maximum atomic E-state index is 4.47. The van der Waals surface area contributed by atoms with Gasteiger partial charge in [-0.05, 0) is 45.4 Å². The molecule has 1 fully saturated rings. The summed E-state index contributed by atoms with van der Waals surface area (Å²) in [6.07, 6.45) is 5.28. The van der Waals surface area contributed by atoms with E-state index < -0.39 is 0 Å². The summed E-state index contributed by atoms with van der Waals surface area (Å²) in [4.78, 5) is 5.92. The molecule has 2 rings (SSSR count). The van der Waals surface area contributed by atoms with E-state index in [1.807, 2.05) is 11.3 Å². The molecule has 0 aliphatic heterocycles. The van der Waals surface area contributed by atoms with E-state index in [9.17, 15) is 0 Å². The Kier molecular flexibility index (Phi) is 3.98. The van der Waals surface area contributed by atoms with Crippen LogP contribution in [-0.2, 0) is 6.42 Å². The van der Waals surface area contributed by atoms with E-state index in [1.54, 1.807) is 0 Å². The van der Waals surface area contributed by atoms with Gasteiger partial charge in [0.05, 0.1) is 10.7 Å². The Hall–Kier alpha value is -0.410. The van der Waals surface area contributed by atoms with Gasteiger partial charge in [0, 0.05) is 17.5 Å². The number of rotatable bonds is 6.